The molecule has 26 heavy (non-hydrogen) atoms. The molecule has 1 N–H and O–H groups in total. The maximum Gasteiger partial charge on any atom is 0.316 e. The molecule has 134 valence electrons. The summed E-state index contributed by atoms with van der Waals surface area (Å²) < 4.78 is 10.2. The van der Waals surface area contributed by atoms with Crippen LogP contribution in [0.1, 0.15) is 11.3 Å². The van der Waals surface area contributed by atoms with E-state index < -0.39 is 0 Å². The van der Waals surface area contributed by atoms with E-state index in [9.17, 15) is 9.59 Å². The Morgan fingerprint density at radius 3 is 2.77 bits per heavy atom. The van der Waals surface area contributed by atoms with Crippen LogP contribution >= 0.6 is 11.8 Å². The Kier molecular flexibility index (Phi) is 5.91. The van der Waals surface area contributed by atoms with E-state index in [1.807, 2.05) is 42.5 Å². The summed E-state index contributed by atoms with van der Waals surface area (Å²) in [4.78, 5) is 23.7. The Hall–Kier alpha value is -2.80. The van der Waals surface area contributed by atoms with Gasteiger partial charge in [0.15, 0.2) is 5.82 Å². The van der Waals surface area contributed by atoms with Crippen molar-refractivity contribution in [2.24, 2.45) is 0 Å². The molecule has 0 aliphatic carbocycles. The Morgan fingerprint density at radius 2 is 1.96 bits per heavy atom. The Morgan fingerprint density at radius 1 is 1.15 bits per heavy atom. The molecule has 2 aromatic carbocycles. The Labute approximate surface area is 154 Å². The second-order valence-electron chi connectivity index (χ2n) is 5.66. The summed E-state index contributed by atoms with van der Waals surface area (Å²) in [7, 11) is 0. The van der Waals surface area contributed by atoms with E-state index in [1.165, 1.54) is 11.8 Å². The number of hydrogen-bond acceptors (Lipinski definition) is 6. The minimum Gasteiger partial charge on any atom is -0.460 e. The summed E-state index contributed by atoms with van der Waals surface area (Å²) >= 11 is 1.19. The van der Waals surface area contributed by atoms with E-state index >= 15 is 0 Å². The number of carbonyl (C=O) groups is 2. The number of anilines is 1. The van der Waals surface area contributed by atoms with Crippen molar-refractivity contribution in [1.29, 1.82) is 0 Å². The van der Waals surface area contributed by atoms with Crippen molar-refractivity contribution < 1.29 is 18.8 Å². The predicted octanol–water partition coefficient (Wildman–Crippen LogP) is 3.55. The highest BCUT2D eigenvalue weighted by Gasteiger charge is 2.10. The van der Waals surface area contributed by atoms with Gasteiger partial charge in [0.25, 0.3) is 0 Å². The van der Waals surface area contributed by atoms with Gasteiger partial charge in [-0.1, -0.05) is 47.6 Å². The third-order valence-electron chi connectivity index (χ3n) is 3.62. The largest absolute Gasteiger partial charge is 0.460 e. The number of hydrogen-bond donors (Lipinski definition) is 1. The van der Waals surface area contributed by atoms with Crippen LogP contribution < -0.4 is 5.32 Å². The molecule has 0 aliphatic heterocycles. The summed E-state index contributed by atoms with van der Waals surface area (Å²) in [5.41, 5.74) is 0.959. The van der Waals surface area contributed by atoms with E-state index in [-0.39, 0.29) is 30.0 Å². The van der Waals surface area contributed by atoms with Crippen LogP contribution in [0.2, 0.25) is 0 Å². The second kappa shape index (κ2) is 8.53. The van der Waals surface area contributed by atoms with Gasteiger partial charge in [0.1, 0.15) is 12.4 Å². The summed E-state index contributed by atoms with van der Waals surface area (Å²) in [6, 6.07) is 15.5. The average molecular weight is 370 g/mol. The first-order valence-electron chi connectivity index (χ1n) is 8.05. The maximum absolute atomic E-state index is 11.9. The van der Waals surface area contributed by atoms with Gasteiger partial charge in [0.2, 0.25) is 5.91 Å². The van der Waals surface area contributed by atoms with Crippen molar-refractivity contribution in [1.82, 2.24) is 5.16 Å². The standard InChI is InChI=1S/C19H18N2O4S/c1-13-9-17(21-25-13)20-18(22)11-26-12-19(23)24-10-15-7-4-6-14-5-2-3-8-16(14)15/h2-9H,10-12H2,1H3,(H,20,21,22). The molecule has 7 heteroatoms. The minimum atomic E-state index is -0.354. The first kappa shape index (κ1) is 18.0. The Balaban J connectivity index is 1.42. The summed E-state index contributed by atoms with van der Waals surface area (Å²) in [5.74, 6) is 0.625. The molecule has 0 radical (unpaired) electrons. The van der Waals surface area contributed by atoms with Crippen molar-refractivity contribution in [2.45, 2.75) is 13.5 Å². The lowest BCUT2D eigenvalue weighted by atomic mass is 10.1. The van der Waals surface area contributed by atoms with Gasteiger partial charge in [-0.25, -0.2) is 0 Å². The van der Waals surface area contributed by atoms with Crippen LogP contribution in [0.5, 0.6) is 0 Å². The predicted molar refractivity (Wildman–Crippen MR) is 101 cm³/mol. The highest BCUT2D eigenvalue weighted by molar-refractivity contribution is 8.00. The van der Waals surface area contributed by atoms with Gasteiger partial charge < -0.3 is 14.6 Å². The van der Waals surface area contributed by atoms with Crippen molar-refractivity contribution in [2.75, 3.05) is 16.8 Å². The van der Waals surface area contributed by atoms with E-state index in [0.29, 0.717) is 11.6 Å². The quantitative estimate of drug-likeness (QED) is 0.641. The summed E-state index contributed by atoms with van der Waals surface area (Å²) in [6.45, 7) is 1.95. The third-order valence-corrected chi connectivity index (χ3v) is 4.52. The first-order valence-corrected chi connectivity index (χ1v) is 9.20. The Bertz CT molecular complexity index is 917. The number of rotatable bonds is 7. The number of nitrogens with one attached hydrogen (secondary N) is 1. The van der Waals surface area contributed by atoms with Gasteiger partial charge in [0, 0.05) is 6.07 Å². The van der Waals surface area contributed by atoms with Gasteiger partial charge in [-0.15, -0.1) is 11.8 Å². The molecule has 0 spiro atoms. The lowest BCUT2D eigenvalue weighted by Crippen LogP contribution is -2.16. The number of carbonyl (C=O) groups excluding carboxylic acids is 2. The molecule has 0 aliphatic rings. The summed E-state index contributed by atoms with van der Waals surface area (Å²) in [6.07, 6.45) is 0. The van der Waals surface area contributed by atoms with Gasteiger partial charge in [-0.2, -0.15) is 0 Å². The molecule has 0 fully saturated rings. The molecule has 0 unspecified atom stereocenters. The number of amides is 1. The fourth-order valence-corrected chi connectivity index (χ4v) is 3.06. The first-order chi connectivity index (χ1) is 12.6. The van der Waals surface area contributed by atoms with Crippen LogP contribution in [0.25, 0.3) is 10.8 Å². The van der Waals surface area contributed by atoms with Crippen molar-refractivity contribution in [3.8, 4) is 0 Å². The van der Waals surface area contributed by atoms with E-state index in [2.05, 4.69) is 10.5 Å². The number of esters is 1. The van der Waals surface area contributed by atoms with Crippen LogP contribution in [-0.2, 0) is 20.9 Å². The van der Waals surface area contributed by atoms with Crippen LogP contribution in [-0.4, -0.2) is 28.5 Å². The smallest absolute Gasteiger partial charge is 0.316 e. The zero-order chi connectivity index (χ0) is 18.4. The van der Waals surface area contributed by atoms with Gasteiger partial charge in [-0.3, -0.25) is 9.59 Å². The number of aromatic nitrogens is 1. The minimum absolute atomic E-state index is 0.107. The monoisotopic (exact) mass is 370 g/mol. The lowest BCUT2D eigenvalue weighted by Gasteiger charge is -2.08. The molecule has 1 heterocycles. The van der Waals surface area contributed by atoms with Crippen LogP contribution in [0.4, 0.5) is 5.82 Å². The van der Waals surface area contributed by atoms with Crippen LogP contribution in [0.15, 0.2) is 53.1 Å². The molecule has 3 aromatic rings. The van der Waals surface area contributed by atoms with Crippen LogP contribution in [0, 0.1) is 6.92 Å². The fourth-order valence-electron chi connectivity index (χ4n) is 2.45. The number of benzene rings is 2. The zero-order valence-electron chi connectivity index (χ0n) is 14.2. The lowest BCUT2D eigenvalue weighted by molar-refractivity contribution is -0.141. The van der Waals surface area contributed by atoms with Crippen molar-refractivity contribution in [3.05, 3.63) is 59.9 Å². The SMILES string of the molecule is Cc1cc(NC(=O)CSCC(=O)OCc2cccc3ccccc23)no1. The van der Waals surface area contributed by atoms with Crippen LogP contribution in [0.3, 0.4) is 0 Å². The average Bonchev–Trinajstić information content (AvgIpc) is 3.04. The van der Waals surface area contributed by atoms with Gasteiger partial charge in [-0.05, 0) is 23.3 Å². The fraction of sp³-hybridized carbons (Fsp3) is 0.211. The van der Waals surface area contributed by atoms with E-state index in [0.717, 1.165) is 16.3 Å². The highest BCUT2D eigenvalue weighted by Crippen LogP contribution is 2.19. The second-order valence-corrected chi connectivity index (χ2v) is 6.65. The molecular formula is C19H18N2O4S. The number of nitrogens with zero attached hydrogens (tertiary/aromatic N) is 1. The number of ether oxygens (including phenoxy) is 1. The molecule has 0 atom stereocenters. The van der Waals surface area contributed by atoms with Crippen molar-refractivity contribution in [3.63, 3.8) is 0 Å². The molecule has 0 saturated carbocycles. The topological polar surface area (TPSA) is 81.4 Å². The zero-order valence-corrected chi connectivity index (χ0v) is 15.0. The molecule has 1 amide bonds. The molecule has 3 rings (SSSR count). The van der Waals surface area contributed by atoms with E-state index in [1.54, 1.807) is 13.0 Å². The highest BCUT2D eigenvalue weighted by atomic mass is 32.2. The van der Waals surface area contributed by atoms with Gasteiger partial charge in [0.05, 0.1) is 11.5 Å². The normalized spacial score (nSPS) is 10.7. The summed E-state index contributed by atoms with van der Waals surface area (Å²) in [5, 5.41) is 8.45. The maximum atomic E-state index is 11.9. The van der Waals surface area contributed by atoms with E-state index in [4.69, 9.17) is 9.26 Å². The van der Waals surface area contributed by atoms with Crippen molar-refractivity contribution >= 4 is 40.2 Å². The number of aryl methyl sites for hydroxylation is 1. The molecule has 0 bridgehead atoms. The third kappa shape index (κ3) is 4.86. The number of thioether (sulfide) groups is 1. The molecular weight excluding hydrogens is 352 g/mol. The molecule has 0 saturated heterocycles. The van der Waals surface area contributed by atoms with Gasteiger partial charge >= 0.3 is 5.97 Å². The molecule has 1 aromatic heterocycles. The number of fused-ring (bicyclic) bond motifs is 1. The molecule has 6 nitrogen and oxygen atoms in total.